The van der Waals surface area contributed by atoms with Gasteiger partial charge in [-0.25, -0.2) is 18.5 Å². The molecule has 5 N–H and O–H groups in total. The van der Waals surface area contributed by atoms with Gasteiger partial charge in [0.15, 0.2) is 5.13 Å². The Balaban J connectivity index is 1.65. The van der Waals surface area contributed by atoms with Crippen molar-refractivity contribution in [3.05, 3.63) is 65.0 Å². The maximum Gasteiger partial charge on any atom is 0.263 e. The molecule has 3 rings (SSSR count). The van der Waals surface area contributed by atoms with Crippen molar-refractivity contribution in [1.82, 2.24) is 10.3 Å². The summed E-state index contributed by atoms with van der Waals surface area (Å²) in [6.45, 7) is 0.388. The molecule has 3 aromatic rings. The quantitative estimate of drug-likeness (QED) is 0.581. The number of amides is 1. The Morgan fingerprint density at radius 1 is 1.07 bits per heavy atom. The van der Waals surface area contributed by atoms with Crippen LogP contribution in [0.4, 0.5) is 5.13 Å². The van der Waals surface area contributed by atoms with Gasteiger partial charge in [0.25, 0.3) is 5.91 Å². The highest BCUT2D eigenvalue weighted by molar-refractivity contribution is 7.89. The minimum absolute atomic E-state index is 0.0583. The molecule has 0 fully saturated rings. The van der Waals surface area contributed by atoms with Gasteiger partial charge in [-0.1, -0.05) is 53.8 Å². The maximum atomic E-state index is 12.5. The van der Waals surface area contributed by atoms with Gasteiger partial charge in [0.1, 0.15) is 4.88 Å². The number of benzene rings is 2. The number of primary sulfonamides is 1. The molecule has 140 valence electrons. The molecule has 27 heavy (non-hydrogen) atoms. The van der Waals surface area contributed by atoms with E-state index in [4.69, 9.17) is 10.9 Å². The SMILES string of the molecule is Nc1nc(-c2ccccc2)c(C(=O)NCCc2ccc(S(N)(=O)=O)cc2)s1. The normalized spacial score (nSPS) is 11.3. The number of carbonyl (C=O) groups excluding carboxylic acids is 1. The zero-order chi connectivity index (χ0) is 19.4. The van der Waals surface area contributed by atoms with E-state index in [9.17, 15) is 13.2 Å². The van der Waals surface area contributed by atoms with Crippen molar-refractivity contribution in [2.75, 3.05) is 12.3 Å². The Kier molecular flexibility index (Phi) is 5.54. The third-order valence-corrected chi connectivity index (χ3v) is 5.66. The first-order valence-corrected chi connectivity index (χ1v) is 10.4. The molecule has 0 aliphatic heterocycles. The molecule has 0 saturated carbocycles. The summed E-state index contributed by atoms with van der Waals surface area (Å²) < 4.78 is 22.5. The number of carbonyl (C=O) groups is 1. The van der Waals surface area contributed by atoms with Crippen LogP contribution < -0.4 is 16.2 Å². The number of rotatable bonds is 6. The third-order valence-electron chi connectivity index (χ3n) is 3.85. The maximum absolute atomic E-state index is 12.5. The molecule has 1 heterocycles. The first kappa shape index (κ1) is 19.0. The summed E-state index contributed by atoms with van der Waals surface area (Å²) in [7, 11) is -3.71. The van der Waals surface area contributed by atoms with Crippen LogP contribution in [0, 0.1) is 0 Å². The molecule has 7 nitrogen and oxygen atoms in total. The third kappa shape index (κ3) is 4.70. The number of hydrogen-bond donors (Lipinski definition) is 3. The molecule has 0 bridgehead atoms. The molecular formula is C18H18N4O3S2. The zero-order valence-electron chi connectivity index (χ0n) is 14.3. The van der Waals surface area contributed by atoms with E-state index in [0.29, 0.717) is 28.7 Å². The molecule has 2 aromatic carbocycles. The summed E-state index contributed by atoms with van der Waals surface area (Å²) in [5.74, 6) is -0.246. The minimum Gasteiger partial charge on any atom is -0.375 e. The predicted octanol–water partition coefficient (Wildman–Crippen LogP) is 2.01. The molecule has 0 atom stereocenters. The Labute approximate surface area is 161 Å². The van der Waals surface area contributed by atoms with Crippen LogP contribution in [0.5, 0.6) is 0 Å². The van der Waals surface area contributed by atoms with Crippen LogP contribution in [-0.2, 0) is 16.4 Å². The number of anilines is 1. The van der Waals surface area contributed by atoms with Crippen molar-refractivity contribution >= 4 is 32.4 Å². The molecular weight excluding hydrogens is 384 g/mol. The average Bonchev–Trinajstić information content (AvgIpc) is 3.04. The summed E-state index contributed by atoms with van der Waals surface area (Å²) in [6.07, 6.45) is 0.547. The lowest BCUT2D eigenvalue weighted by molar-refractivity contribution is 0.0958. The number of thiazole rings is 1. The topological polar surface area (TPSA) is 128 Å². The standard InChI is InChI=1S/C18H18N4O3S2/c19-18-22-15(13-4-2-1-3-5-13)16(26-18)17(23)21-11-10-12-6-8-14(9-7-12)27(20,24)25/h1-9H,10-11H2,(H2,19,22)(H,21,23)(H2,20,24,25). The lowest BCUT2D eigenvalue weighted by Gasteiger charge is -2.06. The zero-order valence-corrected chi connectivity index (χ0v) is 15.9. The summed E-state index contributed by atoms with van der Waals surface area (Å²) in [6, 6.07) is 15.6. The number of nitrogens with two attached hydrogens (primary N) is 2. The van der Waals surface area contributed by atoms with E-state index < -0.39 is 10.0 Å². The lowest BCUT2D eigenvalue weighted by Crippen LogP contribution is -2.25. The van der Waals surface area contributed by atoms with Crippen molar-refractivity contribution in [1.29, 1.82) is 0 Å². The number of hydrogen-bond acceptors (Lipinski definition) is 6. The number of nitrogens with one attached hydrogen (secondary N) is 1. The van der Waals surface area contributed by atoms with Crippen LogP contribution in [0.2, 0.25) is 0 Å². The monoisotopic (exact) mass is 402 g/mol. The second-order valence-corrected chi connectivity index (χ2v) is 8.38. The van der Waals surface area contributed by atoms with Crippen molar-refractivity contribution in [3.8, 4) is 11.3 Å². The van der Waals surface area contributed by atoms with Gasteiger partial charge in [-0.15, -0.1) is 0 Å². The minimum atomic E-state index is -3.71. The first-order valence-electron chi connectivity index (χ1n) is 8.06. The number of nitrogen functional groups attached to an aromatic ring is 1. The summed E-state index contributed by atoms with van der Waals surface area (Å²) in [4.78, 5) is 17.3. The van der Waals surface area contributed by atoms with E-state index in [0.717, 1.165) is 22.5 Å². The van der Waals surface area contributed by atoms with E-state index >= 15 is 0 Å². The number of sulfonamides is 1. The highest BCUT2D eigenvalue weighted by Crippen LogP contribution is 2.29. The van der Waals surface area contributed by atoms with E-state index in [1.165, 1.54) is 12.1 Å². The van der Waals surface area contributed by atoms with Gasteiger partial charge in [-0.05, 0) is 24.1 Å². The Bertz CT molecular complexity index is 1050. The summed E-state index contributed by atoms with van der Waals surface area (Å²) in [5.41, 5.74) is 8.07. The van der Waals surface area contributed by atoms with Gasteiger partial charge in [0.2, 0.25) is 10.0 Å². The second-order valence-electron chi connectivity index (χ2n) is 5.79. The van der Waals surface area contributed by atoms with Crippen molar-refractivity contribution < 1.29 is 13.2 Å². The lowest BCUT2D eigenvalue weighted by atomic mass is 10.1. The van der Waals surface area contributed by atoms with Gasteiger partial charge in [0, 0.05) is 12.1 Å². The summed E-state index contributed by atoms with van der Waals surface area (Å²) >= 11 is 1.14. The van der Waals surface area contributed by atoms with Gasteiger partial charge in [-0.3, -0.25) is 4.79 Å². The second kappa shape index (κ2) is 7.87. The van der Waals surface area contributed by atoms with Gasteiger partial charge in [-0.2, -0.15) is 0 Å². The van der Waals surface area contributed by atoms with Gasteiger partial charge < -0.3 is 11.1 Å². The molecule has 0 spiro atoms. The van der Waals surface area contributed by atoms with Crippen molar-refractivity contribution in [2.45, 2.75) is 11.3 Å². The highest BCUT2D eigenvalue weighted by atomic mass is 32.2. The fraction of sp³-hybridized carbons (Fsp3) is 0.111. The predicted molar refractivity (Wildman–Crippen MR) is 106 cm³/mol. The molecule has 0 unspecified atom stereocenters. The molecule has 0 aliphatic rings. The van der Waals surface area contributed by atoms with Crippen LogP contribution >= 0.6 is 11.3 Å². The Morgan fingerprint density at radius 2 is 1.74 bits per heavy atom. The van der Waals surface area contributed by atoms with E-state index in [1.54, 1.807) is 12.1 Å². The van der Waals surface area contributed by atoms with Gasteiger partial charge in [0.05, 0.1) is 10.6 Å². The fourth-order valence-electron chi connectivity index (χ4n) is 2.53. The Morgan fingerprint density at radius 3 is 2.37 bits per heavy atom. The van der Waals surface area contributed by atoms with Crippen LogP contribution in [0.3, 0.4) is 0 Å². The molecule has 0 aliphatic carbocycles. The largest absolute Gasteiger partial charge is 0.375 e. The Hall–Kier alpha value is -2.75. The average molecular weight is 403 g/mol. The molecule has 1 aromatic heterocycles. The van der Waals surface area contributed by atoms with Crippen molar-refractivity contribution in [3.63, 3.8) is 0 Å². The van der Waals surface area contributed by atoms with E-state index in [-0.39, 0.29) is 10.8 Å². The first-order chi connectivity index (χ1) is 12.8. The molecule has 1 amide bonds. The number of nitrogens with zero attached hydrogens (tertiary/aromatic N) is 1. The van der Waals surface area contributed by atoms with E-state index in [1.807, 2.05) is 30.3 Å². The molecule has 0 radical (unpaired) electrons. The van der Waals surface area contributed by atoms with Crippen LogP contribution in [0.25, 0.3) is 11.3 Å². The molecule has 0 saturated heterocycles. The van der Waals surface area contributed by atoms with Gasteiger partial charge >= 0.3 is 0 Å². The van der Waals surface area contributed by atoms with E-state index in [2.05, 4.69) is 10.3 Å². The van der Waals surface area contributed by atoms with Crippen LogP contribution in [-0.4, -0.2) is 25.9 Å². The number of aromatic nitrogens is 1. The van der Waals surface area contributed by atoms with Crippen LogP contribution in [0.15, 0.2) is 59.5 Å². The smallest absolute Gasteiger partial charge is 0.263 e. The highest BCUT2D eigenvalue weighted by Gasteiger charge is 2.18. The summed E-state index contributed by atoms with van der Waals surface area (Å²) in [5, 5.41) is 8.26. The molecule has 9 heteroatoms. The van der Waals surface area contributed by atoms with Crippen molar-refractivity contribution in [2.24, 2.45) is 5.14 Å². The van der Waals surface area contributed by atoms with Crippen LogP contribution in [0.1, 0.15) is 15.2 Å². The fourth-order valence-corrected chi connectivity index (χ4v) is 3.82.